The Hall–Kier alpha value is -2.48. The Morgan fingerprint density at radius 2 is 1.88 bits per heavy atom. The lowest BCUT2D eigenvalue weighted by atomic mass is 9.96. The number of amides is 1. The van der Waals surface area contributed by atoms with Crippen LogP contribution in [0.15, 0.2) is 50.0 Å². The van der Waals surface area contributed by atoms with Crippen LogP contribution in [0.5, 0.6) is 0 Å². The van der Waals surface area contributed by atoms with E-state index in [1.165, 1.54) is 12.1 Å². The fourth-order valence-electron chi connectivity index (χ4n) is 3.03. The lowest BCUT2D eigenvalue weighted by molar-refractivity contribution is 0.0671. The molecule has 1 aromatic carbocycles. The molecule has 0 unspecified atom stereocenters. The number of carbonyl (C=O) groups excluding carboxylic acids is 1. The molecule has 8 heteroatoms. The van der Waals surface area contributed by atoms with Gasteiger partial charge in [0, 0.05) is 24.6 Å². The predicted molar refractivity (Wildman–Crippen MR) is 94.0 cm³/mol. The topological polar surface area (TPSA) is 72.4 Å². The minimum Gasteiger partial charge on any atom is -0.444 e. The zero-order chi connectivity index (χ0) is 18.1. The first-order valence-corrected chi connectivity index (χ1v) is 9.03. The van der Waals surface area contributed by atoms with Gasteiger partial charge >= 0.3 is 0 Å². The van der Waals surface area contributed by atoms with E-state index in [1.54, 1.807) is 29.2 Å². The second-order valence-corrected chi connectivity index (χ2v) is 6.91. The Balaban J connectivity index is 1.40. The Morgan fingerprint density at radius 1 is 1.15 bits per heavy atom. The molecule has 0 aliphatic carbocycles. The van der Waals surface area contributed by atoms with Gasteiger partial charge < -0.3 is 13.8 Å². The summed E-state index contributed by atoms with van der Waals surface area (Å²) in [5, 5.41) is 3.99. The summed E-state index contributed by atoms with van der Waals surface area (Å²) in [6.07, 6.45) is 1.47. The second kappa shape index (κ2) is 7.03. The minimum absolute atomic E-state index is 0.101. The summed E-state index contributed by atoms with van der Waals surface area (Å²) in [5.41, 5.74) is 0.706. The molecule has 0 atom stereocenters. The van der Waals surface area contributed by atoms with Crippen LogP contribution in [0.2, 0.25) is 0 Å². The molecule has 3 heterocycles. The highest BCUT2D eigenvalue weighted by Crippen LogP contribution is 2.29. The number of benzene rings is 1. The molecular formula is C18H15BrFN3O3. The molecule has 4 rings (SSSR count). The summed E-state index contributed by atoms with van der Waals surface area (Å²) >= 11 is 3.20. The number of hydrogen-bond donors (Lipinski definition) is 0. The van der Waals surface area contributed by atoms with Crippen molar-refractivity contribution in [3.63, 3.8) is 0 Å². The van der Waals surface area contributed by atoms with E-state index in [-0.39, 0.29) is 17.6 Å². The van der Waals surface area contributed by atoms with Gasteiger partial charge in [-0.15, -0.1) is 0 Å². The van der Waals surface area contributed by atoms with Gasteiger partial charge in [-0.3, -0.25) is 4.79 Å². The molecule has 1 fully saturated rings. The van der Waals surface area contributed by atoms with Crippen molar-refractivity contribution in [2.75, 3.05) is 13.1 Å². The van der Waals surface area contributed by atoms with Crippen LogP contribution >= 0.6 is 15.9 Å². The van der Waals surface area contributed by atoms with Gasteiger partial charge in [-0.2, -0.15) is 4.98 Å². The second-order valence-electron chi connectivity index (χ2n) is 6.13. The van der Waals surface area contributed by atoms with Crippen molar-refractivity contribution in [1.29, 1.82) is 0 Å². The van der Waals surface area contributed by atoms with Gasteiger partial charge in [0.25, 0.3) is 5.91 Å². The molecule has 0 bridgehead atoms. The van der Waals surface area contributed by atoms with Crippen molar-refractivity contribution < 1.29 is 18.1 Å². The average molecular weight is 420 g/mol. The predicted octanol–water partition coefficient (Wildman–Crippen LogP) is 4.25. The molecule has 26 heavy (non-hydrogen) atoms. The first-order valence-electron chi connectivity index (χ1n) is 8.24. The first-order chi connectivity index (χ1) is 12.6. The monoisotopic (exact) mass is 419 g/mol. The van der Waals surface area contributed by atoms with Gasteiger partial charge in [0.15, 0.2) is 10.4 Å². The highest BCUT2D eigenvalue weighted by molar-refractivity contribution is 9.10. The minimum atomic E-state index is -0.307. The SMILES string of the molecule is O=C(c1ccc(Br)o1)N1CCC(c2nc(-c3ccc(F)cc3)no2)CC1. The maximum Gasteiger partial charge on any atom is 0.289 e. The molecule has 2 aromatic heterocycles. The number of nitrogens with zero attached hydrogens (tertiary/aromatic N) is 3. The third kappa shape index (κ3) is 3.41. The van der Waals surface area contributed by atoms with Crippen LogP contribution in [0.25, 0.3) is 11.4 Å². The number of carbonyl (C=O) groups is 1. The Bertz CT molecular complexity index is 914. The van der Waals surface area contributed by atoms with Gasteiger partial charge in [0.05, 0.1) is 0 Å². The van der Waals surface area contributed by atoms with Crippen LogP contribution in [-0.2, 0) is 0 Å². The Labute approximate surface area is 157 Å². The standard InChI is InChI=1S/C18H15BrFN3O3/c19-15-6-5-14(25-15)18(24)23-9-7-12(8-10-23)17-21-16(22-26-17)11-1-3-13(20)4-2-11/h1-6,12H,7-10H2. The molecule has 0 saturated carbocycles. The van der Waals surface area contributed by atoms with Crippen LogP contribution < -0.4 is 0 Å². The zero-order valence-electron chi connectivity index (χ0n) is 13.7. The lowest BCUT2D eigenvalue weighted by Crippen LogP contribution is -2.37. The molecule has 0 N–H and O–H groups in total. The largest absolute Gasteiger partial charge is 0.444 e. The van der Waals surface area contributed by atoms with Crippen LogP contribution in [0.1, 0.15) is 35.2 Å². The number of halogens is 2. The molecule has 6 nitrogen and oxygen atoms in total. The number of aromatic nitrogens is 2. The van der Waals surface area contributed by atoms with Gasteiger partial charge in [-0.25, -0.2) is 4.39 Å². The fourth-order valence-corrected chi connectivity index (χ4v) is 3.34. The number of rotatable bonds is 3. The van der Waals surface area contributed by atoms with Crippen molar-refractivity contribution in [3.8, 4) is 11.4 Å². The normalized spacial score (nSPS) is 15.4. The van der Waals surface area contributed by atoms with E-state index in [4.69, 9.17) is 8.94 Å². The van der Waals surface area contributed by atoms with Crippen molar-refractivity contribution in [2.24, 2.45) is 0 Å². The van der Waals surface area contributed by atoms with Crippen molar-refractivity contribution in [3.05, 3.63) is 58.5 Å². The van der Waals surface area contributed by atoms with E-state index in [0.717, 1.165) is 12.8 Å². The van der Waals surface area contributed by atoms with E-state index in [0.29, 0.717) is 40.8 Å². The number of piperidine rings is 1. The summed E-state index contributed by atoms with van der Waals surface area (Å²) < 4.78 is 24.3. The van der Waals surface area contributed by atoms with Crippen LogP contribution in [0.3, 0.4) is 0 Å². The van der Waals surface area contributed by atoms with Gasteiger partial charge in [-0.1, -0.05) is 5.16 Å². The highest BCUT2D eigenvalue weighted by Gasteiger charge is 2.29. The van der Waals surface area contributed by atoms with E-state index in [9.17, 15) is 9.18 Å². The molecule has 0 spiro atoms. The van der Waals surface area contributed by atoms with Crippen LogP contribution in [0, 0.1) is 5.82 Å². The number of hydrogen-bond acceptors (Lipinski definition) is 5. The molecule has 1 amide bonds. The maximum absolute atomic E-state index is 13.0. The van der Waals surface area contributed by atoms with E-state index < -0.39 is 0 Å². The number of furan rings is 1. The molecule has 1 saturated heterocycles. The van der Waals surface area contributed by atoms with Gasteiger partial charge in [-0.05, 0) is 65.2 Å². The summed E-state index contributed by atoms with van der Waals surface area (Å²) in [7, 11) is 0. The van der Waals surface area contributed by atoms with Crippen molar-refractivity contribution >= 4 is 21.8 Å². The third-order valence-electron chi connectivity index (χ3n) is 4.46. The van der Waals surface area contributed by atoms with Crippen molar-refractivity contribution in [2.45, 2.75) is 18.8 Å². The smallest absolute Gasteiger partial charge is 0.289 e. The lowest BCUT2D eigenvalue weighted by Gasteiger charge is -2.29. The van der Waals surface area contributed by atoms with E-state index >= 15 is 0 Å². The molecule has 3 aromatic rings. The average Bonchev–Trinajstić information content (AvgIpc) is 3.31. The van der Waals surface area contributed by atoms with Crippen LogP contribution in [-0.4, -0.2) is 34.0 Å². The summed E-state index contributed by atoms with van der Waals surface area (Å²) in [6, 6.07) is 9.32. The summed E-state index contributed by atoms with van der Waals surface area (Å²) in [6.45, 7) is 1.19. The highest BCUT2D eigenvalue weighted by atomic mass is 79.9. The summed E-state index contributed by atoms with van der Waals surface area (Å²) in [5.74, 6) is 0.997. The quantitative estimate of drug-likeness (QED) is 0.634. The van der Waals surface area contributed by atoms with Crippen molar-refractivity contribution in [1.82, 2.24) is 15.0 Å². The molecular weight excluding hydrogens is 405 g/mol. The fraction of sp³-hybridized carbons (Fsp3) is 0.278. The Kier molecular flexibility index (Phi) is 4.58. The third-order valence-corrected chi connectivity index (χ3v) is 4.89. The number of likely N-dealkylation sites (tertiary alicyclic amines) is 1. The summed E-state index contributed by atoms with van der Waals surface area (Å²) in [4.78, 5) is 18.6. The van der Waals surface area contributed by atoms with Gasteiger partial charge in [0.2, 0.25) is 11.7 Å². The Morgan fingerprint density at radius 3 is 2.54 bits per heavy atom. The van der Waals surface area contributed by atoms with Gasteiger partial charge in [0.1, 0.15) is 5.82 Å². The zero-order valence-corrected chi connectivity index (χ0v) is 15.3. The molecule has 1 aliphatic heterocycles. The maximum atomic E-state index is 13.0. The molecule has 1 aliphatic rings. The first kappa shape index (κ1) is 17.0. The van der Waals surface area contributed by atoms with E-state index in [2.05, 4.69) is 26.1 Å². The molecule has 0 radical (unpaired) electrons. The van der Waals surface area contributed by atoms with Crippen LogP contribution in [0.4, 0.5) is 4.39 Å². The molecule has 134 valence electrons. The van der Waals surface area contributed by atoms with E-state index in [1.807, 2.05) is 0 Å².